The zero-order chi connectivity index (χ0) is 30.9. The molecule has 0 saturated heterocycles. The Morgan fingerprint density at radius 2 is 1.33 bits per heavy atom. The summed E-state index contributed by atoms with van der Waals surface area (Å²) in [5.74, 6) is 0.669. The van der Waals surface area contributed by atoms with Crippen molar-refractivity contribution in [3.05, 3.63) is 167 Å². The monoisotopic (exact) mass is 765 g/mol. The van der Waals surface area contributed by atoms with Crippen molar-refractivity contribution in [2.24, 2.45) is 5.92 Å². The minimum atomic E-state index is 0. The second-order valence-corrected chi connectivity index (χ2v) is 11.9. The Morgan fingerprint density at radius 1 is 0.644 bits per heavy atom. The molecular weight excluding hydrogens is 725 g/mol. The van der Waals surface area contributed by atoms with Gasteiger partial charge >= 0.3 is 0 Å². The van der Waals surface area contributed by atoms with Crippen molar-refractivity contribution in [3.63, 3.8) is 0 Å². The largest absolute Gasteiger partial charge is 0.304 e. The summed E-state index contributed by atoms with van der Waals surface area (Å²) in [7, 11) is 0. The van der Waals surface area contributed by atoms with Crippen LogP contribution < -0.4 is 0 Å². The third kappa shape index (κ3) is 9.41. The van der Waals surface area contributed by atoms with E-state index in [1.807, 2.05) is 30.6 Å². The van der Waals surface area contributed by atoms with Crippen molar-refractivity contribution >= 4 is 0 Å². The molecule has 0 saturated carbocycles. The molecule has 2 heterocycles. The van der Waals surface area contributed by atoms with Crippen LogP contribution in [-0.4, -0.2) is 9.97 Å². The molecule has 6 aromatic rings. The first kappa shape index (κ1) is 33.7. The minimum Gasteiger partial charge on any atom is -0.304 e. The van der Waals surface area contributed by atoms with Crippen molar-refractivity contribution in [2.45, 2.75) is 47.5 Å². The molecule has 2 aromatic heterocycles. The number of hydrogen-bond donors (Lipinski definition) is 0. The Balaban J connectivity index is 0.000000214. The maximum atomic E-state index is 4.65. The van der Waals surface area contributed by atoms with Gasteiger partial charge in [-0.1, -0.05) is 99.1 Å². The van der Waals surface area contributed by atoms with Crippen molar-refractivity contribution in [2.75, 3.05) is 0 Å². The molecule has 6 rings (SSSR count). The fraction of sp³-hybridized carbons (Fsp3) is 0.190. The first-order valence-electron chi connectivity index (χ1n) is 15.4. The van der Waals surface area contributed by atoms with E-state index in [2.05, 4.69) is 148 Å². The van der Waals surface area contributed by atoms with Gasteiger partial charge in [0.15, 0.2) is 0 Å². The van der Waals surface area contributed by atoms with Crippen molar-refractivity contribution < 1.29 is 20.1 Å². The van der Waals surface area contributed by atoms with E-state index in [1.165, 1.54) is 44.5 Å². The topological polar surface area (TPSA) is 25.8 Å². The molecule has 0 aliphatic rings. The fourth-order valence-corrected chi connectivity index (χ4v) is 5.25. The van der Waals surface area contributed by atoms with Gasteiger partial charge in [0.2, 0.25) is 0 Å². The van der Waals surface area contributed by atoms with Gasteiger partial charge in [0, 0.05) is 32.5 Å². The third-order valence-electron chi connectivity index (χ3n) is 7.67. The summed E-state index contributed by atoms with van der Waals surface area (Å²) in [5, 5.41) is 0. The second kappa shape index (κ2) is 16.2. The van der Waals surface area contributed by atoms with Gasteiger partial charge in [0.05, 0.1) is 0 Å². The van der Waals surface area contributed by atoms with Gasteiger partial charge in [0.25, 0.3) is 0 Å². The van der Waals surface area contributed by atoms with E-state index < -0.39 is 0 Å². The first-order chi connectivity index (χ1) is 21.4. The minimum absolute atomic E-state index is 0. The van der Waals surface area contributed by atoms with E-state index in [-0.39, 0.29) is 20.1 Å². The quantitative estimate of drug-likeness (QED) is 0.151. The number of aromatic nitrogens is 2. The van der Waals surface area contributed by atoms with Crippen LogP contribution in [0.1, 0.15) is 47.2 Å². The molecule has 0 fully saturated rings. The molecule has 0 N–H and O–H groups in total. The number of pyridine rings is 2. The molecule has 3 heteroatoms. The predicted molar refractivity (Wildman–Crippen MR) is 184 cm³/mol. The molecular formula is C42H40IrN2-2. The predicted octanol–water partition coefficient (Wildman–Crippen LogP) is 10.5. The smallest absolute Gasteiger partial charge is 0.0196 e. The number of aryl methyl sites for hydroxylation is 3. The number of hydrogen-bond acceptors (Lipinski definition) is 2. The third-order valence-corrected chi connectivity index (χ3v) is 7.67. The van der Waals surface area contributed by atoms with Gasteiger partial charge in [-0.05, 0) is 71.8 Å². The summed E-state index contributed by atoms with van der Waals surface area (Å²) in [6, 6.07) is 44.5. The van der Waals surface area contributed by atoms with E-state index in [4.69, 9.17) is 0 Å². The second-order valence-electron chi connectivity index (χ2n) is 11.9. The van der Waals surface area contributed by atoms with Crippen LogP contribution >= 0.6 is 0 Å². The Hall–Kier alpha value is -4.17. The zero-order valence-corrected chi connectivity index (χ0v) is 29.2. The van der Waals surface area contributed by atoms with E-state index in [9.17, 15) is 0 Å². The summed E-state index contributed by atoms with van der Waals surface area (Å²) in [4.78, 5) is 9.21. The van der Waals surface area contributed by atoms with Gasteiger partial charge in [0.1, 0.15) is 0 Å². The Labute approximate surface area is 283 Å². The van der Waals surface area contributed by atoms with Crippen LogP contribution in [0.5, 0.6) is 0 Å². The summed E-state index contributed by atoms with van der Waals surface area (Å²) < 4.78 is 0. The maximum absolute atomic E-state index is 4.65. The van der Waals surface area contributed by atoms with Gasteiger partial charge < -0.3 is 9.97 Å². The Kier molecular flexibility index (Phi) is 12.2. The van der Waals surface area contributed by atoms with Crippen LogP contribution in [0.3, 0.4) is 0 Å². The van der Waals surface area contributed by atoms with E-state index in [0.717, 1.165) is 35.4 Å². The molecule has 2 nitrogen and oxygen atoms in total. The van der Waals surface area contributed by atoms with Gasteiger partial charge in [-0.3, -0.25) is 0 Å². The van der Waals surface area contributed by atoms with Crippen LogP contribution in [0.2, 0.25) is 0 Å². The van der Waals surface area contributed by atoms with Crippen LogP contribution in [0.4, 0.5) is 0 Å². The standard InChI is InChI=1S/C25H20N.C17H20N.Ir/c1-19-18-26-25(17-24(19)22-12-6-3-7-13-22)23-14-8-11-21(16-23)15-20-9-4-2-5-10-20;1-12(2)9-16-11-18-17(10-14(16)4)15-7-5-13(3)6-8-15;/h2-13,16-18H,15H2,1H3;5-7,10-12H,9H2,1-4H3;/q2*-1;. The summed E-state index contributed by atoms with van der Waals surface area (Å²) >= 11 is 0. The van der Waals surface area contributed by atoms with Crippen molar-refractivity contribution in [1.29, 1.82) is 0 Å². The Morgan fingerprint density at radius 3 is 2.00 bits per heavy atom. The van der Waals surface area contributed by atoms with E-state index in [0.29, 0.717) is 5.92 Å². The van der Waals surface area contributed by atoms with Gasteiger partial charge in [-0.15, -0.1) is 70.8 Å². The molecule has 4 aromatic carbocycles. The molecule has 1 radical (unpaired) electrons. The SMILES string of the molecule is Cc1c[c-]c(-c2cc(C)c(CC(C)C)cn2)cc1.Cc1cnc(-c2[c-]ccc(Cc3ccccc3)c2)cc1-c1ccccc1.[Ir]. The molecule has 45 heavy (non-hydrogen) atoms. The van der Waals surface area contributed by atoms with Crippen molar-refractivity contribution in [1.82, 2.24) is 9.97 Å². The number of rotatable bonds is 7. The van der Waals surface area contributed by atoms with Gasteiger partial charge in [-0.2, -0.15) is 0 Å². The zero-order valence-electron chi connectivity index (χ0n) is 26.8. The van der Waals surface area contributed by atoms with Gasteiger partial charge in [-0.25, -0.2) is 0 Å². The average molecular weight is 765 g/mol. The summed E-state index contributed by atoms with van der Waals surface area (Å²) in [5.41, 5.74) is 14.2. The molecule has 0 amide bonds. The Bertz CT molecular complexity index is 1790. The summed E-state index contributed by atoms with van der Waals surface area (Å²) in [6.07, 6.45) is 5.98. The van der Waals surface area contributed by atoms with E-state index >= 15 is 0 Å². The molecule has 0 aliphatic heterocycles. The maximum Gasteiger partial charge on any atom is 0.0196 e. The first-order valence-corrected chi connectivity index (χ1v) is 15.4. The molecule has 229 valence electrons. The van der Waals surface area contributed by atoms with Crippen LogP contribution in [0, 0.1) is 38.8 Å². The average Bonchev–Trinajstić information content (AvgIpc) is 3.04. The number of benzene rings is 4. The molecule has 0 atom stereocenters. The fourth-order valence-electron chi connectivity index (χ4n) is 5.25. The molecule has 0 unspecified atom stereocenters. The van der Waals surface area contributed by atoms with Crippen LogP contribution in [-0.2, 0) is 32.9 Å². The van der Waals surface area contributed by atoms with E-state index in [1.54, 1.807) is 0 Å². The summed E-state index contributed by atoms with van der Waals surface area (Å²) in [6.45, 7) is 10.8. The molecule has 0 bridgehead atoms. The van der Waals surface area contributed by atoms with Crippen molar-refractivity contribution in [3.8, 4) is 33.6 Å². The van der Waals surface area contributed by atoms with Crippen LogP contribution in [0.25, 0.3) is 33.6 Å². The molecule has 0 spiro atoms. The molecule has 0 aliphatic carbocycles. The van der Waals surface area contributed by atoms with Crippen LogP contribution in [0.15, 0.2) is 122 Å². The number of nitrogens with zero attached hydrogens (tertiary/aromatic N) is 2. The normalized spacial score (nSPS) is 10.5.